The zero-order valence-electron chi connectivity index (χ0n) is 8.72. The largest absolute Gasteiger partial charge is 0.508 e. The van der Waals surface area contributed by atoms with Gasteiger partial charge in [-0.15, -0.1) is 0 Å². The second-order valence-corrected chi connectivity index (χ2v) is 4.40. The van der Waals surface area contributed by atoms with E-state index in [2.05, 4.69) is 15.9 Å². The highest BCUT2D eigenvalue weighted by Crippen LogP contribution is 2.30. The minimum absolute atomic E-state index is 0.201. The lowest BCUT2D eigenvalue weighted by Gasteiger charge is -2.06. The quantitative estimate of drug-likeness (QED) is 0.890. The van der Waals surface area contributed by atoms with Crippen LogP contribution >= 0.6 is 15.9 Å². The van der Waals surface area contributed by atoms with Crippen LogP contribution in [0.5, 0.6) is 5.75 Å². The number of aromatic hydroxyl groups is 1. The van der Waals surface area contributed by atoms with Gasteiger partial charge in [0.2, 0.25) is 0 Å². The van der Waals surface area contributed by atoms with E-state index >= 15 is 0 Å². The van der Waals surface area contributed by atoms with Gasteiger partial charge < -0.3 is 10.2 Å². The lowest BCUT2D eigenvalue weighted by molar-refractivity contribution is 0.0697. The van der Waals surface area contributed by atoms with Gasteiger partial charge in [-0.25, -0.2) is 4.79 Å². The van der Waals surface area contributed by atoms with Crippen molar-refractivity contribution in [1.82, 2.24) is 0 Å². The third kappa shape index (κ3) is 2.47. The van der Waals surface area contributed by atoms with Gasteiger partial charge in [-0.3, -0.25) is 0 Å². The summed E-state index contributed by atoms with van der Waals surface area (Å²) < 4.78 is 0.711. The normalized spacial score (nSPS) is 10.2. The Hall–Kier alpha value is -1.81. The molecule has 0 aliphatic carbocycles. The molecule has 0 unspecified atom stereocenters. The zero-order valence-corrected chi connectivity index (χ0v) is 10.3. The molecule has 0 aliphatic heterocycles. The Labute approximate surface area is 106 Å². The molecule has 86 valence electrons. The summed E-state index contributed by atoms with van der Waals surface area (Å²) in [7, 11) is 0. The molecule has 2 aromatic carbocycles. The van der Waals surface area contributed by atoms with Gasteiger partial charge in [0.05, 0.1) is 5.56 Å². The van der Waals surface area contributed by atoms with Crippen molar-refractivity contribution >= 4 is 21.9 Å². The molecule has 2 N–H and O–H groups in total. The van der Waals surface area contributed by atoms with Crippen LogP contribution in [0.4, 0.5) is 0 Å². The van der Waals surface area contributed by atoms with Crippen LogP contribution in [0.1, 0.15) is 10.4 Å². The minimum Gasteiger partial charge on any atom is -0.508 e. The molecule has 4 heteroatoms. The maximum Gasteiger partial charge on any atom is 0.335 e. The van der Waals surface area contributed by atoms with Gasteiger partial charge in [-0.05, 0) is 35.4 Å². The molecular formula is C13H9BrO3. The highest BCUT2D eigenvalue weighted by molar-refractivity contribution is 9.10. The number of carboxylic acid groups (broad SMARTS) is 1. The van der Waals surface area contributed by atoms with E-state index in [9.17, 15) is 9.90 Å². The summed E-state index contributed by atoms with van der Waals surface area (Å²) in [5.41, 5.74) is 2.03. The summed E-state index contributed by atoms with van der Waals surface area (Å²) in [4.78, 5) is 10.8. The number of rotatable bonds is 2. The van der Waals surface area contributed by atoms with Crippen LogP contribution in [-0.4, -0.2) is 16.2 Å². The molecule has 0 saturated carbocycles. The first-order chi connectivity index (χ1) is 8.08. The number of halogens is 1. The van der Waals surface area contributed by atoms with Gasteiger partial charge in [0.25, 0.3) is 0 Å². The molecule has 0 spiro atoms. The van der Waals surface area contributed by atoms with Gasteiger partial charge >= 0.3 is 5.97 Å². The van der Waals surface area contributed by atoms with Gasteiger partial charge in [0, 0.05) is 4.47 Å². The van der Waals surface area contributed by atoms with Gasteiger partial charge in [0.15, 0.2) is 0 Å². The molecule has 0 bridgehead atoms. The van der Waals surface area contributed by atoms with Crippen LogP contribution in [-0.2, 0) is 0 Å². The van der Waals surface area contributed by atoms with E-state index < -0.39 is 5.97 Å². The van der Waals surface area contributed by atoms with E-state index in [0.29, 0.717) is 4.47 Å². The van der Waals surface area contributed by atoms with Gasteiger partial charge in [0.1, 0.15) is 5.75 Å². The van der Waals surface area contributed by atoms with Crippen molar-refractivity contribution in [1.29, 1.82) is 0 Å². The van der Waals surface area contributed by atoms with Crippen LogP contribution < -0.4 is 0 Å². The first-order valence-corrected chi connectivity index (χ1v) is 5.69. The molecule has 0 saturated heterocycles. The summed E-state index contributed by atoms with van der Waals surface area (Å²) in [6.45, 7) is 0. The lowest BCUT2D eigenvalue weighted by atomic mass is 10.0. The Balaban J connectivity index is 2.46. The Morgan fingerprint density at radius 3 is 2.24 bits per heavy atom. The van der Waals surface area contributed by atoms with Gasteiger partial charge in [-0.1, -0.05) is 34.1 Å². The summed E-state index contributed by atoms with van der Waals surface area (Å²) >= 11 is 3.34. The number of hydrogen-bond acceptors (Lipinski definition) is 2. The van der Waals surface area contributed by atoms with Crippen molar-refractivity contribution in [3.05, 3.63) is 52.5 Å². The Kier molecular flexibility index (Phi) is 3.15. The molecule has 17 heavy (non-hydrogen) atoms. The van der Waals surface area contributed by atoms with Crippen LogP contribution in [0.3, 0.4) is 0 Å². The average Bonchev–Trinajstić information content (AvgIpc) is 2.30. The van der Waals surface area contributed by atoms with Crippen molar-refractivity contribution in [3.63, 3.8) is 0 Å². The molecule has 0 radical (unpaired) electrons. The molecule has 3 nitrogen and oxygen atoms in total. The number of phenolic OH excluding ortho intramolecular Hbond substituents is 1. The number of aromatic carboxylic acids is 1. The molecular weight excluding hydrogens is 284 g/mol. The summed E-state index contributed by atoms with van der Waals surface area (Å²) in [5.74, 6) is -0.755. The van der Waals surface area contributed by atoms with Crippen LogP contribution in [0, 0.1) is 0 Å². The van der Waals surface area contributed by atoms with Gasteiger partial charge in [-0.2, -0.15) is 0 Å². The Morgan fingerprint density at radius 1 is 1.06 bits per heavy atom. The fraction of sp³-hybridized carbons (Fsp3) is 0. The molecule has 0 aliphatic rings. The SMILES string of the molecule is O=C(O)c1ccc(-c2ccc(O)cc2)c(Br)c1. The summed E-state index contributed by atoms with van der Waals surface area (Å²) in [6, 6.07) is 11.6. The fourth-order valence-electron chi connectivity index (χ4n) is 1.52. The molecule has 2 aromatic rings. The lowest BCUT2D eigenvalue weighted by Crippen LogP contribution is -1.95. The third-order valence-electron chi connectivity index (χ3n) is 2.39. The monoisotopic (exact) mass is 292 g/mol. The average molecular weight is 293 g/mol. The fourth-order valence-corrected chi connectivity index (χ4v) is 2.13. The summed E-state index contributed by atoms with van der Waals surface area (Å²) in [6.07, 6.45) is 0. The zero-order chi connectivity index (χ0) is 12.4. The predicted octanol–water partition coefficient (Wildman–Crippen LogP) is 3.52. The number of phenols is 1. The highest BCUT2D eigenvalue weighted by Gasteiger charge is 2.08. The van der Waals surface area contributed by atoms with Crippen LogP contribution in [0.25, 0.3) is 11.1 Å². The molecule has 0 fully saturated rings. The van der Waals surface area contributed by atoms with Crippen molar-refractivity contribution in [2.45, 2.75) is 0 Å². The Morgan fingerprint density at radius 2 is 1.71 bits per heavy atom. The third-order valence-corrected chi connectivity index (χ3v) is 3.05. The second-order valence-electron chi connectivity index (χ2n) is 3.55. The van der Waals surface area contributed by atoms with Crippen molar-refractivity contribution in [2.24, 2.45) is 0 Å². The molecule has 0 aromatic heterocycles. The second kappa shape index (κ2) is 4.59. The van der Waals surface area contributed by atoms with E-state index in [1.165, 1.54) is 0 Å². The Bertz CT molecular complexity index is 561. The van der Waals surface area contributed by atoms with Crippen molar-refractivity contribution in [2.75, 3.05) is 0 Å². The first-order valence-electron chi connectivity index (χ1n) is 4.90. The number of hydrogen-bond donors (Lipinski definition) is 2. The number of carboxylic acids is 1. The van der Waals surface area contributed by atoms with Crippen LogP contribution in [0.15, 0.2) is 46.9 Å². The van der Waals surface area contributed by atoms with E-state index in [1.807, 2.05) is 0 Å². The first kappa shape index (κ1) is 11.7. The van der Waals surface area contributed by atoms with E-state index in [-0.39, 0.29) is 11.3 Å². The van der Waals surface area contributed by atoms with Crippen molar-refractivity contribution in [3.8, 4) is 16.9 Å². The van der Waals surface area contributed by atoms with E-state index in [0.717, 1.165) is 11.1 Å². The predicted molar refractivity (Wildman–Crippen MR) is 68.2 cm³/mol. The summed E-state index contributed by atoms with van der Waals surface area (Å²) in [5, 5.41) is 18.1. The smallest absolute Gasteiger partial charge is 0.335 e. The molecule has 0 atom stereocenters. The van der Waals surface area contributed by atoms with E-state index in [1.54, 1.807) is 42.5 Å². The number of benzene rings is 2. The number of carbonyl (C=O) groups is 1. The topological polar surface area (TPSA) is 57.5 Å². The minimum atomic E-state index is -0.956. The standard InChI is InChI=1S/C13H9BrO3/c14-12-7-9(13(16)17)3-6-11(12)8-1-4-10(15)5-2-8/h1-7,15H,(H,16,17). The maximum atomic E-state index is 10.8. The molecule has 0 amide bonds. The van der Waals surface area contributed by atoms with Crippen LogP contribution in [0.2, 0.25) is 0 Å². The maximum absolute atomic E-state index is 10.8. The molecule has 2 rings (SSSR count). The molecule has 0 heterocycles. The van der Waals surface area contributed by atoms with Crippen molar-refractivity contribution < 1.29 is 15.0 Å². The van der Waals surface area contributed by atoms with E-state index in [4.69, 9.17) is 5.11 Å². The highest BCUT2D eigenvalue weighted by atomic mass is 79.9.